The fourth-order valence-corrected chi connectivity index (χ4v) is 9.50. The van der Waals surface area contributed by atoms with E-state index >= 15 is 0 Å². The molecule has 0 aromatic heterocycles. The van der Waals surface area contributed by atoms with Crippen LogP contribution in [0.2, 0.25) is 0 Å². The van der Waals surface area contributed by atoms with Crippen LogP contribution in [0.15, 0.2) is 81.7 Å². The first kappa shape index (κ1) is 48.7. The number of rotatable bonds is 4. The average molecular weight is 984 g/mol. The van der Waals surface area contributed by atoms with Crippen LogP contribution in [0.1, 0.15) is 147 Å². The van der Waals surface area contributed by atoms with Gasteiger partial charge in [0.2, 0.25) is 0 Å². The highest BCUT2D eigenvalue weighted by Gasteiger charge is 2.55. The molecule has 4 aromatic rings. The highest BCUT2D eigenvalue weighted by molar-refractivity contribution is 9.10. The van der Waals surface area contributed by atoms with Gasteiger partial charge < -0.3 is 32.6 Å². The minimum Gasteiger partial charge on any atom is -0.399 e. The van der Waals surface area contributed by atoms with Gasteiger partial charge in [-0.2, -0.15) is 0 Å². The summed E-state index contributed by atoms with van der Waals surface area (Å²) in [6, 6.07) is 26.4. The SMILES string of the molecule is CC(C)OB1OC(C)(C)C(C)(C)O1.CC1(C)c2cc(B3OC(C)(C)C(C)(C)O3)ccc2-c2ccc(B3OC(C)(C)C(C)(C)O3)cc21.CC1(C)c2cc(Br)ccc2-c2ccc(Br)cc21. The molecule has 4 aromatic carbocycles. The second-order valence-electron chi connectivity index (χ2n) is 22.1. The van der Waals surface area contributed by atoms with E-state index in [0.717, 1.165) is 19.9 Å². The van der Waals surface area contributed by atoms with E-state index in [0.29, 0.717) is 0 Å². The lowest BCUT2D eigenvalue weighted by Gasteiger charge is -2.32. The van der Waals surface area contributed by atoms with Crippen molar-refractivity contribution in [2.24, 2.45) is 0 Å². The zero-order valence-corrected chi connectivity index (χ0v) is 44.0. The molecule has 0 unspecified atom stereocenters. The first-order chi connectivity index (χ1) is 28.8. The van der Waals surface area contributed by atoms with Gasteiger partial charge in [-0.15, -0.1) is 0 Å². The Balaban J connectivity index is 0.000000164. The molecule has 0 bridgehead atoms. The lowest BCUT2D eigenvalue weighted by molar-refractivity contribution is 0.00578. The smallest absolute Gasteiger partial charge is 0.399 e. The van der Waals surface area contributed by atoms with E-state index in [1.807, 2.05) is 41.5 Å². The van der Waals surface area contributed by atoms with Crippen molar-refractivity contribution in [2.75, 3.05) is 0 Å². The summed E-state index contributed by atoms with van der Waals surface area (Å²) in [6.07, 6.45) is 0.120. The summed E-state index contributed by atoms with van der Waals surface area (Å²) < 4.78 is 44.3. The molecule has 7 nitrogen and oxygen atoms in total. The molecule has 0 spiro atoms. The summed E-state index contributed by atoms with van der Waals surface area (Å²) >= 11 is 7.13. The van der Waals surface area contributed by atoms with Crippen LogP contribution in [-0.4, -0.2) is 61.3 Å². The van der Waals surface area contributed by atoms with Crippen LogP contribution in [0.3, 0.4) is 0 Å². The van der Waals surface area contributed by atoms with Crippen molar-refractivity contribution in [3.8, 4) is 22.3 Å². The Morgan fingerprint density at radius 3 is 0.968 bits per heavy atom. The zero-order chi connectivity index (χ0) is 46.7. The van der Waals surface area contributed by atoms with Crippen LogP contribution in [0.4, 0.5) is 0 Å². The van der Waals surface area contributed by atoms with Crippen molar-refractivity contribution in [1.82, 2.24) is 0 Å². The Hall–Kier alpha value is -2.25. The third kappa shape index (κ3) is 8.77. The van der Waals surface area contributed by atoms with E-state index < -0.39 is 7.32 Å². The molecule has 3 aliphatic heterocycles. The van der Waals surface area contributed by atoms with Crippen LogP contribution in [-0.2, 0) is 43.4 Å². The zero-order valence-electron chi connectivity index (χ0n) is 40.9. The maximum atomic E-state index is 6.33. The monoisotopic (exact) mass is 982 g/mol. The molecule has 3 saturated heterocycles. The molecular formula is C51H67B3Br2O7. The van der Waals surface area contributed by atoms with Gasteiger partial charge in [-0.25, -0.2) is 0 Å². The summed E-state index contributed by atoms with van der Waals surface area (Å²) in [6.45, 7) is 37.9. The van der Waals surface area contributed by atoms with Crippen LogP contribution in [0.25, 0.3) is 22.3 Å². The Bertz CT molecular complexity index is 2210. The molecule has 0 radical (unpaired) electrons. The molecule has 5 aliphatic rings. The van der Waals surface area contributed by atoms with Crippen molar-refractivity contribution < 1.29 is 32.6 Å². The van der Waals surface area contributed by atoms with E-state index in [2.05, 4.69) is 188 Å². The summed E-state index contributed by atoms with van der Waals surface area (Å²) in [7, 11) is -1.25. The maximum Gasteiger partial charge on any atom is 0.640 e. The molecule has 3 fully saturated rings. The maximum absolute atomic E-state index is 6.33. The quantitative estimate of drug-likeness (QED) is 0.189. The first-order valence-corrected chi connectivity index (χ1v) is 24.0. The Labute approximate surface area is 396 Å². The van der Waals surface area contributed by atoms with Crippen molar-refractivity contribution in [3.05, 3.63) is 104 Å². The van der Waals surface area contributed by atoms with Crippen molar-refractivity contribution in [1.29, 1.82) is 0 Å². The molecule has 3 heterocycles. The van der Waals surface area contributed by atoms with Gasteiger partial charge in [0.25, 0.3) is 0 Å². The highest BCUT2D eigenvalue weighted by Crippen LogP contribution is 2.51. The van der Waals surface area contributed by atoms with E-state index in [1.165, 1.54) is 44.5 Å². The number of hydrogen-bond acceptors (Lipinski definition) is 7. The fourth-order valence-electron chi connectivity index (χ4n) is 8.77. The molecule has 63 heavy (non-hydrogen) atoms. The normalized spacial score (nSPS) is 22.7. The average Bonchev–Trinajstić information content (AvgIpc) is 3.77. The van der Waals surface area contributed by atoms with Crippen LogP contribution >= 0.6 is 31.9 Å². The molecule has 0 amide bonds. The first-order valence-electron chi connectivity index (χ1n) is 22.4. The Morgan fingerprint density at radius 2 is 0.667 bits per heavy atom. The van der Waals surface area contributed by atoms with Crippen LogP contribution in [0, 0.1) is 0 Å². The number of benzene rings is 4. The van der Waals surface area contributed by atoms with E-state index in [1.54, 1.807) is 0 Å². The predicted octanol–water partition coefficient (Wildman–Crippen LogP) is 12.1. The van der Waals surface area contributed by atoms with E-state index in [9.17, 15) is 0 Å². The predicted molar refractivity (Wildman–Crippen MR) is 267 cm³/mol. The topological polar surface area (TPSA) is 64.6 Å². The molecule has 336 valence electrons. The van der Waals surface area contributed by atoms with Crippen LogP contribution < -0.4 is 10.9 Å². The van der Waals surface area contributed by atoms with Crippen molar-refractivity contribution in [2.45, 2.75) is 175 Å². The van der Waals surface area contributed by atoms with E-state index in [4.69, 9.17) is 32.6 Å². The molecule has 0 N–H and O–H groups in total. The molecule has 9 rings (SSSR count). The largest absolute Gasteiger partial charge is 0.640 e. The van der Waals surface area contributed by atoms with Gasteiger partial charge in [0, 0.05) is 25.9 Å². The van der Waals surface area contributed by atoms with Gasteiger partial charge in [-0.05, 0) is 177 Å². The molecule has 0 atom stereocenters. The third-order valence-electron chi connectivity index (χ3n) is 15.0. The standard InChI is InChI=1S/C27H36B2O4.C15H12Br2.C9H19BO3/c1-23(2)21-15-17(28-30-24(3,4)25(5,6)31-28)11-13-19(21)20-14-12-18(16-22(20)23)29-32-26(7,8)27(9,10)33-29;1-15(2)13-7-9(16)3-5-11(13)12-6-4-10(17)8-14(12)15;1-7(2)11-10-12-8(3,4)9(5,6)13-10/h11-16H,1-10H3;3-8H,1-2H3;7H,1-6H3. The second kappa shape index (κ2) is 16.2. The van der Waals surface area contributed by atoms with Crippen molar-refractivity contribution in [3.63, 3.8) is 0 Å². The number of fused-ring (bicyclic) bond motifs is 6. The molecule has 12 heteroatoms. The third-order valence-corrected chi connectivity index (χ3v) is 16.0. The van der Waals surface area contributed by atoms with Gasteiger partial charge in [0.05, 0.1) is 33.6 Å². The van der Waals surface area contributed by atoms with Gasteiger partial charge in [-0.3, -0.25) is 0 Å². The van der Waals surface area contributed by atoms with E-state index in [-0.39, 0.29) is 64.8 Å². The lowest BCUT2D eigenvalue weighted by atomic mass is 9.73. The summed E-state index contributed by atoms with van der Waals surface area (Å²) in [5, 5.41) is 0. The van der Waals surface area contributed by atoms with Gasteiger partial charge in [0.1, 0.15) is 0 Å². The fraction of sp³-hybridized carbons (Fsp3) is 0.529. The lowest BCUT2D eigenvalue weighted by Crippen LogP contribution is -2.41. The summed E-state index contributed by atoms with van der Waals surface area (Å²) in [4.78, 5) is 0. The minimum atomic E-state index is -0.523. The van der Waals surface area contributed by atoms with Gasteiger partial charge >= 0.3 is 21.6 Å². The molecule has 0 saturated carbocycles. The molecular weight excluding hydrogens is 917 g/mol. The minimum absolute atomic E-state index is 0.0816. The Morgan fingerprint density at radius 1 is 0.397 bits per heavy atom. The molecule has 2 aliphatic carbocycles. The summed E-state index contributed by atoms with van der Waals surface area (Å²) in [5.74, 6) is 0. The van der Waals surface area contributed by atoms with Gasteiger partial charge in [0.15, 0.2) is 0 Å². The second-order valence-corrected chi connectivity index (χ2v) is 24.0. The van der Waals surface area contributed by atoms with Crippen molar-refractivity contribution >= 4 is 64.3 Å². The number of hydrogen-bond donors (Lipinski definition) is 0. The highest BCUT2D eigenvalue weighted by atomic mass is 79.9. The number of halogens is 2. The Kier molecular flexibility index (Phi) is 12.5. The summed E-state index contributed by atoms with van der Waals surface area (Å²) in [5.41, 5.74) is 10.7. The van der Waals surface area contributed by atoms with Gasteiger partial charge in [-0.1, -0.05) is 108 Å². The van der Waals surface area contributed by atoms with Crippen LogP contribution in [0.5, 0.6) is 0 Å².